The van der Waals surface area contributed by atoms with Gasteiger partial charge in [0, 0.05) is 10.0 Å². The molecule has 2 aromatic rings. The van der Waals surface area contributed by atoms with Gasteiger partial charge >= 0.3 is 0 Å². The zero-order valence-electron chi connectivity index (χ0n) is 11.5. The first-order valence-electron chi connectivity index (χ1n) is 6.71. The summed E-state index contributed by atoms with van der Waals surface area (Å²) in [6, 6.07) is 16.5. The highest BCUT2D eigenvalue weighted by Gasteiger charge is 2.29. The van der Waals surface area contributed by atoms with E-state index in [2.05, 4.69) is 54.0 Å². The Morgan fingerprint density at radius 1 is 1.05 bits per heavy atom. The van der Waals surface area contributed by atoms with E-state index < -0.39 is 0 Å². The van der Waals surface area contributed by atoms with Crippen LogP contribution in [-0.2, 0) is 4.74 Å². The summed E-state index contributed by atoms with van der Waals surface area (Å²) in [4.78, 5) is 4.78. The third kappa shape index (κ3) is 2.50. The molecule has 0 saturated heterocycles. The van der Waals surface area contributed by atoms with Crippen molar-refractivity contribution in [3.63, 3.8) is 0 Å². The average molecular weight is 330 g/mol. The molecule has 2 atom stereocenters. The topological polar surface area (TPSA) is 21.6 Å². The van der Waals surface area contributed by atoms with Crippen LogP contribution in [0.4, 0.5) is 0 Å². The molecule has 20 heavy (non-hydrogen) atoms. The van der Waals surface area contributed by atoms with Gasteiger partial charge in [-0.2, -0.15) is 0 Å². The van der Waals surface area contributed by atoms with E-state index in [-0.39, 0.29) is 12.1 Å². The van der Waals surface area contributed by atoms with E-state index in [1.807, 2.05) is 24.3 Å². The second kappa shape index (κ2) is 5.41. The number of nitrogens with zero attached hydrogens (tertiary/aromatic N) is 1. The van der Waals surface area contributed by atoms with Gasteiger partial charge in [-0.1, -0.05) is 46.3 Å². The number of benzene rings is 2. The fourth-order valence-electron chi connectivity index (χ4n) is 2.45. The Labute approximate surface area is 127 Å². The molecule has 0 spiro atoms. The number of hydrogen-bond acceptors (Lipinski definition) is 2. The van der Waals surface area contributed by atoms with E-state index in [1.165, 1.54) is 11.1 Å². The van der Waals surface area contributed by atoms with Gasteiger partial charge in [-0.3, -0.25) is 0 Å². The fraction of sp³-hybridized carbons (Fsp3) is 0.235. The lowest BCUT2D eigenvalue weighted by atomic mass is 10.0. The Morgan fingerprint density at radius 3 is 2.45 bits per heavy atom. The van der Waals surface area contributed by atoms with Crippen molar-refractivity contribution in [2.45, 2.75) is 26.0 Å². The summed E-state index contributed by atoms with van der Waals surface area (Å²) in [5, 5.41) is 0. The van der Waals surface area contributed by atoms with Crippen LogP contribution in [0.25, 0.3) is 0 Å². The molecule has 0 radical (unpaired) electrons. The maximum atomic E-state index is 5.96. The largest absolute Gasteiger partial charge is 0.472 e. The Hall–Kier alpha value is -1.61. The summed E-state index contributed by atoms with van der Waals surface area (Å²) >= 11 is 3.46. The average Bonchev–Trinajstić information content (AvgIpc) is 2.82. The van der Waals surface area contributed by atoms with Crippen LogP contribution < -0.4 is 0 Å². The molecule has 0 bridgehead atoms. The molecule has 0 aromatic heterocycles. The number of halogens is 1. The molecule has 2 aromatic carbocycles. The predicted molar refractivity (Wildman–Crippen MR) is 85.1 cm³/mol. The van der Waals surface area contributed by atoms with Crippen molar-refractivity contribution < 1.29 is 4.74 Å². The third-order valence-electron chi connectivity index (χ3n) is 3.59. The minimum Gasteiger partial charge on any atom is -0.472 e. The maximum Gasteiger partial charge on any atom is 0.217 e. The normalized spacial score (nSPS) is 21.4. The van der Waals surface area contributed by atoms with Crippen LogP contribution in [-0.4, -0.2) is 12.0 Å². The molecular weight excluding hydrogens is 314 g/mol. The van der Waals surface area contributed by atoms with Crippen molar-refractivity contribution in [1.82, 2.24) is 0 Å². The zero-order valence-corrected chi connectivity index (χ0v) is 13.1. The molecule has 1 aliphatic rings. The van der Waals surface area contributed by atoms with Gasteiger partial charge in [0.05, 0.1) is 0 Å². The Morgan fingerprint density at radius 2 is 1.75 bits per heavy atom. The van der Waals surface area contributed by atoms with Gasteiger partial charge in [-0.25, -0.2) is 4.99 Å². The third-order valence-corrected chi connectivity index (χ3v) is 4.11. The molecule has 3 heteroatoms. The van der Waals surface area contributed by atoms with Crippen LogP contribution in [0.15, 0.2) is 58.0 Å². The van der Waals surface area contributed by atoms with Gasteiger partial charge in [0.2, 0.25) is 5.90 Å². The first-order chi connectivity index (χ1) is 9.65. The summed E-state index contributed by atoms with van der Waals surface area (Å²) in [6.45, 7) is 4.15. The van der Waals surface area contributed by atoms with Crippen molar-refractivity contribution in [3.05, 3.63) is 69.7 Å². The second-order valence-electron chi connectivity index (χ2n) is 5.07. The van der Waals surface area contributed by atoms with Crippen LogP contribution in [0.3, 0.4) is 0 Å². The van der Waals surface area contributed by atoms with E-state index >= 15 is 0 Å². The molecule has 1 heterocycles. The van der Waals surface area contributed by atoms with E-state index in [1.54, 1.807) is 0 Å². The number of ether oxygens (including phenoxy) is 1. The smallest absolute Gasteiger partial charge is 0.217 e. The summed E-state index contributed by atoms with van der Waals surface area (Å²) in [5.74, 6) is 0.753. The van der Waals surface area contributed by atoms with Crippen molar-refractivity contribution in [2.75, 3.05) is 0 Å². The van der Waals surface area contributed by atoms with Gasteiger partial charge in [-0.15, -0.1) is 0 Å². The lowest BCUT2D eigenvalue weighted by Crippen LogP contribution is -2.12. The second-order valence-corrected chi connectivity index (χ2v) is 5.98. The zero-order chi connectivity index (χ0) is 14.1. The van der Waals surface area contributed by atoms with Crippen LogP contribution >= 0.6 is 15.9 Å². The van der Waals surface area contributed by atoms with Crippen molar-refractivity contribution in [1.29, 1.82) is 0 Å². The van der Waals surface area contributed by atoms with Gasteiger partial charge < -0.3 is 4.74 Å². The molecule has 102 valence electrons. The predicted octanol–water partition coefficient (Wildman–Crippen LogP) is 4.66. The van der Waals surface area contributed by atoms with Crippen molar-refractivity contribution in [3.8, 4) is 0 Å². The first-order valence-corrected chi connectivity index (χ1v) is 7.50. The molecule has 2 nitrogen and oxygen atoms in total. The van der Waals surface area contributed by atoms with E-state index in [9.17, 15) is 0 Å². The van der Waals surface area contributed by atoms with E-state index in [0.717, 1.165) is 15.9 Å². The Bertz CT molecular complexity index is 648. The fourth-order valence-corrected chi connectivity index (χ4v) is 2.72. The minimum absolute atomic E-state index is 0.0609. The molecule has 3 rings (SSSR count). The number of hydrogen-bond donors (Lipinski definition) is 0. The number of aryl methyl sites for hydroxylation is 1. The Kier molecular flexibility index (Phi) is 3.62. The van der Waals surface area contributed by atoms with Gasteiger partial charge in [-0.05, 0) is 43.2 Å². The number of rotatable bonds is 2. The monoisotopic (exact) mass is 329 g/mol. The molecule has 0 N–H and O–H groups in total. The summed E-state index contributed by atoms with van der Waals surface area (Å²) in [5.41, 5.74) is 3.46. The SMILES string of the molecule is Cc1ccccc1C1=N[C@@H](c2ccc(Br)cc2)[C@@H](C)O1. The van der Waals surface area contributed by atoms with Crippen molar-refractivity contribution in [2.24, 2.45) is 4.99 Å². The summed E-state index contributed by atoms with van der Waals surface area (Å²) in [6.07, 6.45) is 0.0609. The summed E-state index contributed by atoms with van der Waals surface area (Å²) in [7, 11) is 0. The van der Waals surface area contributed by atoms with Gasteiger partial charge in [0.15, 0.2) is 0 Å². The lowest BCUT2D eigenvalue weighted by Gasteiger charge is -2.13. The minimum atomic E-state index is 0.0609. The van der Waals surface area contributed by atoms with E-state index in [0.29, 0.717) is 0 Å². The molecular formula is C17H16BrNO. The molecule has 0 unspecified atom stereocenters. The highest BCUT2D eigenvalue weighted by atomic mass is 79.9. The van der Waals surface area contributed by atoms with Crippen LogP contribution in [0, 0.1) is 6.92 Å². The van der Waals surface area contributed by atoms with Gasteiger partial charge in [0.1, 0.15) is 12.1 Å². The van der Waals surface area contributed by atoms with Crippen LogP contribution in [0.2, 0.25) is 0 Å². The van der Waals surface area contributed by atoms with Crippen LogP contribution in [0.5, 0.6) is 0 Å². The molecule has 0 aliphatic carbocycles. The molecule has 1 aliphatic heterocycles. The molecule has 0 amide bonds. The maximum absolute atomic E-state index is 5.96. The van der Waals surface area contributed by atoms with E-state index in [4.69, 9.17) is 9.73 Å². The lowest BCUT2D eigenvalue weighted by molar-refractivity contribution is 0.214. The first kappa shape index (κ1) is 13.4. The standard InChI is InChI=1S/C17H16BrNO/c1-11-5-3-4-6-15(11)17-19-16(12(2)20-17)13-7-9-14(18)10-8-13/h3-10,12,16H,1-2H3/t12-,16-/m1/s1. The highest BCUT2D eigenvalue weighted by molar-refractivity contribution is 9.10. The van der Waals surface area contributed by atoms with Crippen LogP contribution in [0.1, 0.15) is 29.7 Å². The number of aliphatic imine (C=N–C) groups is 1. The Balaban J connectivity index is 1.95. The molecule has 0 saturated carbocycles. The molecule has 0 fully saturated rings. The summed E-state index contributed by atoms with van der Waals surface area (Å²) < 4.78 is 7.04. The van der Waals surface area contributed by atoms with Crippen molar-refractivity contribution >= 4 is 21.8 Å². The highest BCUT2D eigenvalue weighted by Crippen LogP contribution is 2.31. The van der Waals surface area contributed by atoms with Gasteiger partial charge in [0.25, 0.3) is 0 Å². The quantitative estimate of drug-likeness (QED) is 0.784.